The van der Waals surface area contributed by atoms with E-state index >= 15 is 0 Å². The van der Waals surface area contributed by atoms with Gasteiger partial charge >= 0.3 is 0 Å². The molecule has 50 heavy (non-hydrogen) atoms. The maximum absolute atomic E-state index is 10.0. The molecule has 9 aromatic rings. The van der Waals surface area contributed by atoms with Crippen LogP contribution in [0.3, 0.4) is 0 Å². The fraction of sp³-hybridized carbons (Fsp3) is 0. The minimum absolute atomic E-state index is 0.598. The van der Waals surface area contributed by atoms with Crippen LogP contribution in [-0.4, -0.2) is 9.13 Å². The number of para-hydroxylation sites is 3. The zero-order chi connectivity index (χ0) is 33.8. The molecule has 0 N–H and O–H groups in total. The zero-order valence-electron chi connectivity index (χ0n) is 26.7. The van der Waals surface area contributed by atoms with Crippen LogP contribution in [-0.2, 0) is 0 Å². The second-order valence-corrected chi connectivity index (χ2v) is 12.3. The van der Waals surface area contributed by atoms with E-state index in [1.165, 1.54) is 0 Å². The van der Waals surface area contributed by atoms with Gasteiger partial charge in [-0.25, -0.2) is 0 Å². The second kappa shape index (κ2) is 11.4. The molecule has 5 nitrogen and oxygen atoms in total. The lowest BCUT2D eigenvalue weighted by Crippen LogP contribution is -1.97. The lowest BCUT2D eigenvalue weighted by Gasteiger charge is -2.13. The highest BCUT2D eigenvalue weighted by Gasteiger charge is 2.20. The first kappa shape index (κ1) is 28.8. The number of hydrogen-bond donors (Lipinski definition) is 0. The SMILES string of the molecule is N#Cc1ccc(-n2c3ccc(C#N)cc3c3cccc(-c4cccc(-c5cccc6c5c5ccccc5n6-c5ccccc5C#N)c4)c32)cc1. The maximum atomic E-state index is 10.0. The van der Waals surface area contributed by atoms with Crippen LogP contribution < -0.4 is 0 Å². The van der Waals surface area contributed by atoms with E-state index in [2.05, 4.69) is 106 Å². The van der Waals surface area contributed by atoms with Gasteiger partial charge in [-0.15, -0.1) is 0 Å². The van der Waals surface area contributed by atoms with E-state index in [0.717, 1.165) is 77.2 Å². The van der Waals surface area contributed by atoms with Gasteiger partial charge in [-0.05, 0) is 89.5 Å². The number of benzene rings is 7. The summed E-state index contributed by atoms with van der Waals surface area (Å²) >= 11 is 0. The summed E-state index contributed by atoms with van der Waals surface area (Å²) in [5, 5.41) is 33.5. The summed E-state index contributed by atoms with van der Waals surface area (Å²) in [5.74, 6) is 0. The highest BCUT2D eigenvalue weighted by Crippen LogP contribution is 2.42. The molecule has 2 aromatic heterocycles. The van der Waals surface area contributed by atoms with Crippen LogP contribution in [0.15, 0.2) is 152 Å². The maximum Gasteiger partial charge on any atom is 0.101 e. The summed E-state index contributed by atoms with van der Waals surface area (Å²) in [6, 6.07) is 57.9. The summed E-state index contributed by atoms with van der Waals surface area (Å²) in [5.41, 5.74) is 12.0. The first-order valence-electron chi connectivity index (χ1n) is 16.3. The number of nitrogens with zero attached hydrogens (tertiary/aromatic N) is 5. The number of rotatable bonds is 4. The van der Waals surface area contributed by atoms with Crippen LogP contribution in [0.4, 0.5) is 0 Å². The minimum atomic E-state index is 0.598. The van der Waals surface area contributed by atoms with Crippen molar-refractivity contribution in [2.75, 3.05) is 0 Å². The molecule has 0 bridgehead atoms. The predicted molar refractivity (Wildman–Crippen MR) is 200 cm³/mol. The van der Waals surface area contributed by atoms with Crippen LogP contribution in [0.25, 0.3) is 77.2 Å². The molecule has 0 unspecified atom stereocenters. The Morgan fingerprint density at radius 2 is 1.06 bits per heavy atom. The number of nitriles is 3. The fourth-order valence-electron chi connectivity index (χ4n) is 7.46. The van der Waals surface area contributed by atoms with Crippen LogP contribution >= 0.6 is 0 Å². The van der Waals surface area contributed by atoms with Crippen molar-refractivity contribution in [3.63, 3.8) is 0 Å². The number of aromatic nitrogens is 2. The molecule has 0 amide bonds. The molecule has 0 fully saturated rings. The van der Waals surface area contributed by atoms with E-state index in [1.807, 2.05) is 72.8 Å². The smallest absolute Gasteiger partial charge is 0.101 e. The summed E-state index contributed by atoms with van der Waals surface area (Å²) < 4.78 is 4.43. The molecule has 0 radical (unpaired) electrons. The lowest BCUT2D eigenvalue weighted by molar-refractivity contribution is 1.17. The standard InChI is InChI=1S/C45H25N5/c46-26-29-18-21-34(22-19-29)49-42-23-20-30(27-47)24-39(42)37-14-6-13-36(45(37)49)32-10-5-9-31(25-32)35-12-7-17-43-44(35)38-11-2-4-16-41(38)50(43)40-15-3-1-8-33(40)28-48/h1-25H. The van der Waals surface area contributed by atoms with E-state index in [-0.39, 0.29) is 0 Å². The summed E-state index contributed by atoms with van der Waals surface area (Å²) in [7, 11) is 0. The molecule has 2 heterocycles. The summed E-state index contributed by atoms with van der Waals surface area (Å²) in [6.07, 6.45) is 0. The quantitative estimate of drug-likeness (QED) is 0.193. The highest BCUT2D eigenvalue weighted by molar-refractivity contribution is 6.17. The number of fused-ring (bicyclic) bond motifs is 6. The molecule has 0 spiro atoms. The average molecular weight is 636 g/mol. The Bertz CT molecular complexity index is 2960. The Kier molecular flexibility index (Phi) is 6.56. The number of hydrogen-bond acceptors (Lipinski definition) is 3. The van der Waals surface area contributed by atoms with Crippen LogP contribution in [0.1, 0.15) is 16.7 Å². The van der Waals surface area contributed by atoms with Crippen LogP contribution in [0.2, 0.25) is 0 Å². The summed E-state index contributed by atoms with van der Waals surface area (Å²) in [4.78, 5) is 0. The first-order chi connectivity index (χ1) is 24.7. The van der Waals surface area contributed by atoms with Gasteiger partial charge in [-0.1, -0.05) is 78.9 Å². The normalized spacial score (nSPS) is 11.1. The average Bonchev–Trinajstić information content (AvgIpc) is 3.70. The van der Waals surface area contributed by atoms with Gasteiger partial charge in [-0.3, -0.25) is 0 Å². The molecule has 0 atom stereocenters. The fourth-order valence-corrected chi connectivity index (χ4v) is 7.46. The van der Waals surface area contributed by atoms with E-state index in [0.29, 0.717) is 16.7 Å². The molecule has 5 heteroatoms. The van der Waals surface area contributed by atoms with Gasteiger partial charge in [0.05, 0.1) is 56.6 Å². The van der Waals surface area contributed by atoms with Gasteiger partial charge in [0.1, 0.15) is 6.07 Å². The molecule has 0 saturated carbocycles. The Hall–Kier alpha value is -7.39. The van der Waals surface area contributed by atoms with Crippen molar-refractivity contribution in [1.29, 1.82) is 15.8 Å². The Morgan fingerprint density at radius 3 is 1.88 bits per heavy atom. The third kappa shape index (κ3) is 4.31. The molecular weight excluding hydrogens is 611 g/mol. The topological polar surface area (TPSA) is 81.2 Å². The Morgan fingerprint density at radius 1 is 0.420 bits per heavy atom. The van der Waals surface area contributed by atoms with Gasteiger partial charge < -0.3 is 9.13 Å². The van der Waals surface area contributed by atoms with Gasteiger partial charge in [0, 0.05) is 32.8 Å². The van der Waals surface area contributed by atoms with Crippen molar-refractivity contribution in [2.45, 2.75) is 0 Å². The van der Waals surface area contributed by atoms with Gasteiger partial charge in [0.15, 0.2) is 0 Å². The Labute approximate surface area is 287 Å². The molecular formula is C45H25N5. The van der Waals surface area contributed by atoms with E-state index < -0.39 is 0 Å². The van der Waals surface area contributed by atoms with E-state index in [1.54, 1.807) is 0 Å². The van der Waals surface area contributed by atoms with Crippen molar-refractivity contribution >= 4 is 43.6 Å². The van der Waals surface area contributed by atoms with Crippen molar-refractivity contribution in [1.82, 2.24) is 9.13 Å². The van der Waals surface area contributed by atoms with Gasteiger partial charge in [0.2, 0.25) is 0 Å². The summed E-state index contributed by atoms with van der Waals surface area (Å²) in [6.45, 7) is 0. The third-order valence-corrected chi connectivity index (χ3v) is 9.62. The van der Waals surface area contributed by atoms with Crippen LogP contribution in [0, 0.1) is 34.0 Å². The van der Waals surface area contributed by atoms with Gasteiger partial charge in [-0.2, -0.15) is 15.8 Å². The van der Waals surface area contributed by atoms with E-state index in [4.69, 9.17) is 0 Å². The molecule has 0 aliphatic heterocycles. The molecule has 9 rings (SSSR count). The molecule has 230 valence electrons. The van der Waals surface area contributed by atoms with Crippen molar-refractivity contribution < 1.29 is 0 Å². The largest absolute Gasteiger partial charge is 0.309 e. The second-order valence-electron chi connectivity index (χ2n) is 12.3. The Balaban J connectivity index is 1.30. The van der Waals surface area contributed by atoms with Crippen molar-refractivity contribution in [3.8, 4) is 51.8 Å². The zero-order valence-corrected chi connectivity index (χ0v) is 26.7. The minimum Gasteiger partial charge on any atom is -0.309 e. The molecule has 0 saturated heterocycles. The van der Waals surface area contributed by atoms with Crippen LogP contribution in [0.5, 0.6) is 0 Å². The van der Waals surface area contributed by atoms with Crippen molar-refractivity contribution in [3.05, 3.63) is 168 Å². The molecule has 0 aliphatic carbocycles. The first-order valence-corrected chi connectivity index (χ1v) is 16.3. The lowest BCUT2D eigenvalue weighted by atomic mass is 9.95. The highest BCUT2D eigenvalue weighted by atomic mass is 15.0. The monoisotopic (exact) mass is 635 g/mol. The van der Waals surface area contributed by atoms with E-state index in [9.17, 15) is 15.8 Å². The molecule has 0 aliphatic rings. The predicted octanol–water partition coefficient (Wildman–Crippen LogP) is 10.8. The van der Waals surface area contributed by atoms with Gasteiger partial charge in [0.25, 0.3) is 0 Å². The molecule has 7 aromatic carbocycles. The third-order valence-electron chi connectivity index (χ3n) is 9.62. The van der Waals surface area contributed by atoms with Crippen molar-refractivity contribution in [2.24, 2.45) is 0 Å².